The van der Waals surface area contributed by atoms with Gasteiger partial charge in [-0.05, 0) is 50.2 Å². The van der Waals surface area contributed by atoms with E-state index in [1.54, 1.807) is 0 Å². The summed E-state index contributed by atoms with van der Waals surface area (Å²) in [5.74, 6) is 0. The molecule has 0 amide bonds. The van der Waals surface area contributed by atoms with E-state index in [1.807, 2.05) is 24.5 Å². The van der Waals surface area contributed by atoms with Crippen LogP contribution < -0.4 is 4.90 Å². The summed E-state index contributed by atoms with van der Waals surface area (Å²) in [6.07, 6.45) is 1.89. The van der Waals surface area contributed by atoms with E-state index < -0.39 is 0 Å². The number of rotatable bonds is 4. The molecule has 0 radical (unpaired) electrons. The van der Waals surface area contributed by atoms with E-state index in [4.69, 9.17) is 0 Å². The quantitative estimate of drug-likeness (QED) is 0.714. The highest BCUT2D eigenvalue weighted by molar-refractivity contribution is 5.77. The molecule has 0 N–H and O–H groups in total. The van der Waals surface area contributed by atoms with Gasteiger partial charge in [-0.3, -0.25) is 4.57 Å². The molecule has 0 unspecified atom stereocenters. The van der Waals surface area contributed by atoms with Crippen molar-refractivity contribution in [1.82, 2.24) is 9.55 Å². The van der Waals surface area contributed by atoms with Gasteiger partial charge in [0.1, 0.15) is 6.33 Å². The van der Waals surface area contributed by atoms with Crippen LogP contribution in [-0.2, 0) is 0 Å². The fourth-order valence-corrected chi connectivity index (χ4v) is 2.58. The summed E-state index contributed by atoms with van der Waals surface area (Å²) in [4.78, 5) is 6.78. The van der Waals surface area contributed by atoms with E-state index in [9.17, 15) is 0 Å². The van der Waals surface area contributed by atoms with Crippen molar-refractivity contribution in [2.24, 2.45) is 0 Å². The first-order valence-electron chi connectivity index (χ1n) is 7.11. The summed E-state index contributed by atoms with van der Waals surface area (Å²) >= 11 is 0. The Labute approximate surface area is 119 Å². The Morgan fingerprint density at radius 1 is 0.950 bits per heavy atom. The summed E-state index contributed by atoms with van der Waals surface area (Å²) in [6.45, 7) is 6.43. The monoisotopic (exact) mass is 265 g/mol. The van der Waals surface area contributed by atoms with E-state index in [-0.39, 0.29) is 0 Å². The normalized spacial score (nSPS) is 10.9. The van der Waals surface area contributed by atoms with E-state index >= 15 is 0 Å². The third kappa shape index (κ3) is 2.16. The third-order valence-corrected chi connectivity index (χ3v) is 3.71. The molecule has 3 aromatic rings. The average molecular weight is 265 g/mol. The van der Waals surface area contributed by atoms with Gasteiger partial charge in [-0.25, -0.2) is 4.98 Å². The molecule has 0 aliphatic heterocycles. The van der Waals surface area contributed by atoms with Crippen LogP contribution in [0.3, 0.4) is 0 Å². The van der Waals surface area contributed by atoms with E-state index in [1.165, 1.54) is 5.69 Å². The zero-order valence-electron chi connectivity index (χ0n) is 12.0. The van der Waals surface area contributed by atoms with Crippen LogP contribution >= 0.6 is 0 Å². The molecule has 2 aromatic carbocycles. The van der Waals surface area contributed by atoms with Crippen LogP contribution in [0.4, 0.5) is 5.69 Å². The summed E-state index contributed by atoms with van der Waals surface area (Å²) in [7, 11) is 0. The van der Waals surface area contributed by atoms with Crippen molar-refractivity contribution in [1.29, 1.82) is 0 Å². The Balaban J connectivity index is 1.99. The number of imidazole rings is 1. The lowest BCUT2D eigenvalue weighted by Crippen LogP contribution is -2.21. The molecule has 20 heavy (non-hydrogen) atoms. The molecule has 1 aromatic heterocycles. The van der Waals surface area contributed by atoms with E-state index in [0.717, 1.165) is 29.8 Å². The predicted octanol–water partition coefficient (Wildman–Crippen LogP) is 3.87. The lowest BCUT2D eigenvalue weighted by Gasteiger charge is -2.21. The van der Waals surface area contributed by atoms with Crippen LogP contribution in [0.5, 0.6) is 0 Å². The van der Waals surface area contributed by atoms with Crippen molar-refractivity contribution < 1.29 is 0 Å². The summed E-state index contributed by atoms with van der Waals surface area (Å²) in [5, 5.41) is 0. The highest BCUT2D eigenvalue weighted by Crippen LogP contribution is 2.21. The fraction of sp³-hybridized carbons (Fsp3) is 0.235. The van der Waals surface area contributed by atoms with Gasteiger partial charge < -0.3 is 4.90 Å². The van der Waals surface area contributed by atoms with Crippen molar-refractivity contribution in [2.75, 3.05) is 18.0 Å². The maximum absolute atomic E-state index is 4.44. The molecule has 0 bridgehead atoms. The molecule has 0 saturated heterocycles. The zero-order chi connectivity index (χ0) is 13.9. The number of benzene rings is 2. The molecule has 1 heterocycles. The van der Waals surface area contributed by atoms with Crippen molar-refractivity contribution >= 4 is 16.7 Å². The van der Waals surface area contributed by atoms with Crippen LogP contribution in [0.25, 0.3) is 16.7 Å². The van der Waals surface area contributed by atoms with Crippen molar-refractivity contribution in [2.45, 2.75) is 13.8 Å². The van der Waals surface area contributed by atoms with Gasteiger partial charge in [0.15, 0.2) is 0 Å². The Kier molecular flexibility index (Phi) is 3.42. The minimum atomic E-state index is 1.03. The second-order valence-corrected chi connectivity index (χ2v) is 4.79. The highest BCUT2D eigenvalue weighted by Gasteiger charge is 2.05. The largest absolute Gasteiger partial charge is 0.372 e. The number of anilines is 1. The molecule has 3 rings (SSSR count). The number of hydrogen-bond acceptors (Lipinski definition) is 2. The second kappa shape index (κ2) is 5.37. The standard InChI is InChI=1S/C17H19N3/c1-3-19(4-2)14-9-11-15(12-10-14)20-13-18-16-7-5-6-8-17(16)20/h5-13H,3-4H2,1-2H3. The highest BCUT2D eigenvalue weighted by atomic mass is 15.1. The molecule has 3 heteroatoms. The van der Waals surface area contributed by atoms with Gasteiger partial charge in [0.05, 0.1) is 11.0 Å². The second-order valence-electron chi connectivity index (χ2n) is 4.79. The molecule has 0 fully saturated rings. The molecular formula is C17H19N3. The summed E-state index contributed by atoms with van der Waals surface area (Å²) < 4.78 is 2.13. The Hall–Kier alpha value is -2.29. The molecule has 102 valence electrons. The van der Waals surface area contributed by atoms with E-state index in [0.29, 0.717) is 0 Å². The van der Waals surface area contributed by atoms with Gasteiger partial charge >= 0.3 is 0 Å². The van der Waals surface area contributed by atoms with Gasteiger partial charge in [-0.1, -0.05) is 12.1 Å². The molecule has 0 aliphatic rings. The minimum Gasteiger partial charge on any atom is -0.372 e. The number of fused-ring (bicyclic) bond motifs is 1. The SMILES string of the molecule is CCN(CC)c1ccc(-n2cnc3ccccc32)cc1. The fourth-order valence-electron chi connectivity index (χ4n) is 2.58. The van der Waals surface area contributed by atoms with Gasteiger partial charge in [-0.15, -0.1) is 0 Å². The van der Waals surface area contributed by atoms with Crippen LogP contribution in [0.1, 0.15) is 13.8 Å². The van der Waals surface area contributed by atoms with Gasteiger partial charge in [0.25, 0.3) is 0 Å². The van der Waals surface area contributed by atoms with Gasteiger partial charge in [0.2, 0.25) is 0 Å². The lowest BCUT2D eigenvalue weighted by molar-refractivity contribution is 0.866. The van der Waals surface area contributed by atoms with Gasteiger partial charge in [-0.2, -0.15) is 0 Å². The predicted molar refractivity (Wildman–Crippen MR) is 84.6 cm³/mol. The number of hydrogen-bond donors (Lipinski definition) is 0. The molecule has 3 nitrogen and oxygen atoms in total. The first-order valence-corrected chi connectivity index (χ1v) is 7.11. The topological polar surface area (TPSA) is 21.1 Å². The maximum atomic E-state index is 4.44. The number of aromatic nitrogens is 2. The molecule has 0 atom stereocenters. The van der Waals surface area contributed by atoms with Crippen molar-refractivity contribution in [3.05, 3.63) is 54.9 Å². The first kappa shape index (κ1) is 12.7. The van der Waals surface area contributed by atoms with Crippen molar-refractivity contribution in [3.63, 3.8) is 0 Å². The number of nitrogens with zero attached hydrogens (tertiary/aromatic N) is 3. The average Bonchev–Trinajstić information content (AvgIpc) is 2.93. The first-order chi connectivity index (χ1) is 9.83. The molecule has 0 saturated carbocycles. The zero-order valence-corrected chi connectivity index (χ0v) is 12.0. The van der Waals surface area contributed by atoms with Gasteiger partial charge in [0, 0.05) is 24.5 Å². The maximum Gasteiger partial charge on any atom is 0.100 e. The van der Waals surface area contributed by atoms with Crippen molar-refractivity contribution in [3.8, 4) is 5.69 Å². The minimum absolute atomic E-state index is 1.03. The smallest absolute Gasteiger partial charge is 0.100 e. The molecule has 0 aliphatic carbocycles. The Morgan fingerprint density at radius 3 is 2.35 bits per heavy atom. The lowest BCUT2D eigenvalue weighted by atomic mass is 10.2. The number of para-hydroxylation sites is 2. The molecule has 0 spiro atoms. The summed E-state index contributed by atoms with van der Waals surface area (Å²) in [5.41, 5.74) is 4.58. The summed E-state index contributed by atoms with van der Waals surface area (Å²) in [6, 6.07) is 16.9. The molecular weight excluding hydrogens is 246 g/mol. The third-order valence-electron chi connectivity index (χ3n) is 3.71. The van der Waals surface area contributed by atoms with Crippen LogP contribution in [-0.4, -0.2) is 22.6 Å². The Morgan fingerprint density at radius 2 is 1.65 bits per heavy atom. The van der Waals surface area contributed by atoms with Crippen LogP contribution in [0, 0.1) is 0 Å². The Bertz CT molecular complexity index is 694. The van der Waals surface area contributed by atoms with E-state index in [2.05, 4.69) is 58.6 Å². The van der Waals surface area contributed by atoms with Crippen LogP contribution in [0.15, 0.2) is 54.9 Å². The van der Waals surface area contributed by atoms with Crippen LogP contribution in [0.2, 0.25) is 0 Å².